The molecule has 7 heteroatoms. The maximum absolute atomic E-state index is 11.7. The van der Waals surface area contributed by atoms with E-state index in [0.29, 0.717) is 19.6 Å². The predicted octanol–water partition coefficient (Wildman–Crippen LogP) is 0.869. The standard InChI is InChI=1S/C16H21N3O4/c1-11(12-6-3-2-4-7-12)23-9-5-8-17-14(20)10-13-15(21)19-16(22)18-13/h2-4,6-7,11,13H,5,8-10H2,1H3,(H,17,20)(H2,18,19,21,22)/t11-,13-/m1/s1. The van der Waals surface area contributed by atoms with Crippen LogP contribution in [0.2, 0.25) is 0 Å². The van der Waals surface area contributed by atoms with Crippen molar-refractivity contribution in [1.82, 2.24) is 16.0 Å². The van der Waals surface area contributed by atoms with E-state index in [1.165, 1.54) is 0 Å². The summed E-state index contributed by atoms with van der Waals surface area (Å²) in [5.74, 6) is -0.742. The van der Waals surface area contributed by atoms with Crippen LogP contribution >= 0.6 is 0 Å². The Morgan fingerprint density at radius 1 is 1.30 bits per heavy atom. The molecule has 4 amide bonds. The van der Waals surface area contributed by atoms with Gasteiger partial charge in [-0.05, 0) is 18.9 Å². The number of imide groups is 1. The van der Waals surface area contributed by atoms with Crippen LogP contribution in [0.4, 0.5) is 4.79 Å². The number of hydrogen-bond acceptors (Lipinski definition) is 4. The lowest BCUT2D eigenvalue weighted by Gasteiger charge is -2.13. The van der Waals surface area contributed by atoms with Gasteiger partial charge >= 0.3 is 6.03 Å². The minimum Gasteiger partial charge on any atom is -0.374 e. The first kappa shape index (κ1) is 17.0. The summed E-state index contributed by atoms with van der Waals surface area (Å²) in [4.78, 5) is 33.9. The van der Waals surface area contributed by atoms with E-state index in [2.05, 4.69) is 16.0 Å². The number of benzene rings is 1. The molecule has 0 aliphatic carbocycles. The molecule has 1 aromatic rings. The first-order valence-electron chi connectivity index (χ1n) is 7.61. The van der Waals surface area contributed by atoms with Crippen molar-refractivity contribution >= 4 is 17.8 Å². The molecule has 3 N–H and O–H groups in total. The van der Waals surface area contributed by atoms with Gasteiger partial charge in [-0.3, -0.25) is 14.9 Å². The van der Waals surface area contributed by atoms with Gasteiger partial charge in [-0.15, -0.1) is 0 Å². The van der Waals surface area contributed by atoms with Gasteiger partial charge in [0.25, 0.3) is 5.91 Å². The molecule has 0 spiro atoms. The van der Waals surface area contributed by atoms with Crippen LogP contribution in [0.15, 0.2) is 30.3 Å². The average Bonchev–Trinajstić information content (AvgIpc) is 2.85. The monoisotopic (exact) mass is 319 g/mol. The van der Waals surface area contributed by atoms with Crippen molar-refractivity contribution in [3.8, 4) is 0 Å². The molecule has 23 heavy (non-hydrogen) atoms. The van der Waals surface area contributed by atoms with E-state index in [0.717, 1.165) is 5.56 Å². The van der Waals surface area contributed by atoms with E-state index in [9.17, 15) is 14.4 Å². The number of nitrogens with one attached hydrogen (secondary N) is 3. The van der Waals surface area contributed by atoms with Crippen molar-refractivity contribution in [2.24, 2.45) is 0 Å². The van der Waals surface area contributed by atoms with Gasteiger partial charge in [-0.2, -0.15) is 0 Å². The Kier molecular flexibility index (Phi) is 6.10. The van der Waals surface area contributed by atoms with Crippen molar-refractivity contribution in [1.29, 1.82) is 0 Å². The summed E-state index contributed by atoms with van der Waals surface area (Å²) in [6.07, 6.45) is 0.620. The third-order valence-electron chi connectivity index (χ3n) is 3.53. The van der Waals surface area contributed by atoms with E-state index in [4.69, 9.17) is 4.74 Å². The summed E-state index contributed by atoms with van der Waals surface area (Å²) in [5, 5.41) is 7.18. The van der Waals surface area contributed by atoms with Crippen LogP contribution in [0.1, 0.15) is 31.4 Å². The molecule has 2 rings (SSSR count). The van der Waals surface area contributed by atoms with Gasteiger partial charge in [0.15, 0.2) is 0 Å². The molecule has 2 atom stereocenters. The molecule has 1 fully saturated rings. The Balaban J connectivity index is 1.57. The lowest BCUT2D eigenvalue weighted by atomic mass is 10.1. The van der Waals surface area contributed by atoms with Crippen LogP contribution in [0.25, 0.3) is 0 Å². The molecule has 0 radical (unpaired) electrons. The highest BCUT2D eigenvalue weighted by molar-refractivity contribution is 6.05. The molecule has 1 saturated heterocycles. The van der Waals surface area contributed by atoms with E-state index < -0.39 is 18.0 Å². The normalized spacial score (nSPS) is 18.2. The minimum absolute atomic E-state index is 0.00398. The van der Waals surface area contributed by atoms with Gasteiger partial charge in [0, 0.05) is 13.2 Å². The summed E-state index contributed by atoms with van der Waals surface area (Å²) in [6.45, 7) is 2.97. The highest BCUT2D eigenvalue weighted by Crippen LogP contribution is 2.15. The van der Waals surface area contributed by atoms with E-state index in [-0.39, 0.29) is 18.4 Å². The fourth-order valence-corrected chi connectivity index (χ4v) is 2.24. The summed E-state index contributed by atoms with van der Waals surface area (Å²) in [6, 6.07) is 8.56. The smallest absolute Gasteiger partial charge is 0.322 e. The second kappa shape index (κ2) is 8.28. The molecule has 124 valence electrons. The Hall–Kier alpha value is -2.41. The molecule has 0 bridgehead atoms. The number of hydrogen-bond donors (Lipinski definition) is 3. The molecule has 7 nitrogen and oxygen atoms in total. The number of carbonyl (C=O) groups is 3. The summed E-state index contributed by atoms with van der Waals surface area (Å²) in [7, 11) is 0. The molecular weight excluding hydrogens is 298 g/mol. The summed E-state index contributed by atoms with van der Waals surface area (Å²) < 4.78 is 5.70. The van der Waals surface area contributed by atoms with Gasteiger partial charge in [0.2, 0.25) is 5.91 Å². The van der Waals surface area contributed by atoms with Gasteiger partial charge in [0.05, 0.1) is 12.5 Å². The molecule has 1 aromatic carbocycles. The zero-order chi connectivity index (χ0) is 16.7. The lowest BCUT2D eigenvalue weighted by molar-refractivity contribution is -0.126. The number of urea groups is 1. The van der Waals surface area contributed by atoms with Crippen LogP contribution in [-0.4, -0.2) is 37.0 Å². The fourth-order valence-electron chi connectivity index (χ4n) is 2.24. The zero-order valence-electron chi connectivity index (χ0n) is 13.0. The van der Waals surface area contributed by atoms with Crippen LogP contribution < -0.4 is 16.0 Å². The van der Waals surface area contributed by atoms with Gasteiger partial charge in [-0.25, -0.2) is 4.79 Å². The van der Waals surface area contributed by atoms with Crippen molar-refractivity contribution in [2.45, 2.75) is 31.9 Å². The fraction of sp³-hybridized carbons (Fsp3) is 0.438. The van der Waals surface area contributed by atoms with Crippen molar-refractivity contribution in [3.05, 3.63) is 35.9 Å². The highest BCUT2D eigenvalue weighted by atomic mass is 16.5. The SMILES string of the molecule is C[C@@H](OCCCNC(=O)C[C@H]1NC(=O)NC1=O)c1ccccc1. The second-order valence-corrected chi connectivity index (χ2v) is 5.35. The molecule has 1 aliphatic rings. The maximum atomic E-state index is 11.7. The van der Waals surface area contributed by atoms with Crippen molar-refractivity contribution in [3.63, 3.8) is 0 Å². The average molecular weight is 319 g/mol. The largest absolute Gasteiger partial charge is 0.374 e. The number of carbonyl (C=O) groups excluding carboxylic acids is 3. The van der Waals surface area contributed by atoms with Crippen molar-refractivity contribution in [2.75, 3.05) is 13.2 Å². The summed E-state index contributed by atoms with van der Waals surface area (Å²) >= 11 is 0. The Bertz CT molecular complexity index is 562. The zero-order valence-corrected chi connectivity index (χ0v) is 13.0. The number of amides is 4. The van der Waals surface area contributed by atoms with Crippen molar-refractivity contribution < 1.29 is 19.1 Å². The van der Waals surface area contributed by atoms with Crippen LogP contribution in [0.5, 0.6) is 0 Å². The van der Waals surface area contributed by atoms with Gasteiger partial charge in [0.1, 0.15) is 6.04 Å². The minimum atomic E-state index is -0.781. The molecular formula is C16H21N3O4. The number of ether oxygens (including phenoxy) is 1. The predicted molar refractivity (Wildman–Crippen MR) is 83.5 cm³/mol. The summed E-state index contributed by atoms with van der Waals surface area (Å²) in [5.41, 5.74) is 1.11. The Morgan fingerprint density at radius 3 is 2.70 bits per heavy atom. The van der Waals surface area contributed by atoms with Crippen LogP contribution in [-0.2, 0) is 14.3 Å². The van der Waals surface area contributed by atoms with Gasteiger partial charge in [-0.1, -0.05) is 30.3 Å². The Morgan fingerprint density at radius 2 is 2.04 bits per heavy atom. The van der Waals surface area contributed by atoms with Gasteiger partial charge < -0.3 is 15.4 Å². The van der Waals surface area contributed by atoms with E-state index in [1.54, 1.807) is 0 Å². The third-order valence-corrected chi connectivity index (χ3v) is 3.53. The molecule has 1 aliphatic heterocycles. The topological polar surface area (TPSA) is 96.5 Å². The first-order chi connectivity index (χ1) is 11.1. The first-order valence-corrected chi connectivity index (χ1v) is 7.61. The number of rotatable bonds is 8. The molecule has 0 aromatic heterocycles. The van der Waals surface area contributed by atoms with E-state index in [1.807, 2.05) is 37.3 Å². The van der Waals surface area contributed by atoms with Crippen LogP contribution in [0, 0.1) is 0 Å². The second-order valence-electron chi connectivity index (χ2n) is 5.35. The molecule has 0 saturated carbocycles. The highest BCUT2D eigenvalue weighted by Gasteiger charge is 2.30. The maximum Gasteiger partial charge on any atom is 0.322 e. The quantitative estimate of drug-likeness (QED) is 0.489. The van der Waals surface area contributed by atoms with Crippen LogP contribution in [0.3, 0.4) is 0 Å². The Labute approximate surface area is 134 Å². The molecule has 0 unspecified atom stereocenters. The lowest BCUT2D eigenvalue weighted by Crippen LogP contribution is -2.36. The van der Waals surface area contributed by atoms with E-state index >= 15 is 0 Å². The third kappa shape index (κ3) is 5.37. The molecule has 1 heterocycles.